The minimum atomic E-state index is 0.190. The van der Waals surface area contributed by atoms with Crippen LogP contribution in [0.1, 0.15) is 44.9 Å². The predicted octanol–water partition coefficient (Wildman–Crippen LogP) is 1.44. The van der Waals surface area contributed by atoms with Crippen molar-refractivity contribution in [2.24, 2.45) is 0 Å². The number of hydrogen-bond donors (Lipinski definition) is 0. The van der Waals surface area contributed by atoms with Gasteiger partial charge in [0.2, 0.25) is 5.91 Å². The fourth-order valence-corrected chi connectivity index (χ4v) is 2.97. The smallest absolute Gasteiger partial charge is 0.236 e. The van der Waals surface area contributed by atoms with Crippen LogP contribution in [0, 0.1) is 0 Å². The Bertz CT molecular complexity index is 301. The average Bonchev–Trinajstić information content (AvgIpc) is 2.40. The Balaban J connectivity index is 1.77. The molecule has 0 radical (unpaired) electrons. The van der Waals surface area contributed by atoms with Crippen LogP contribution in [0.25, 0.3) is 0 Å². The number of nitrogens with zero attached hydrogens (tertiary/aromatic N) is 2. The van der Waals surface area contributed by atoms with E-state index in [0.29, 0.717) is 44.3 Å². The van der Waals surface area contributed by atoms with Gasteiger partial charge in [0.15, 0.2) is 0 Å². The second-order valence-corrected chi connectivity index (χ2v) is 5.63. The van der Waals surface area contributed by atoms with Gasteiger partial charge in [-0.05, 0) is 19.9 Å². The summed E-state index contributed by atoms with van der Waals surface area (Å²) in [4.78, 5) is 27.3. The Hall–Kier alpha value is -0.900. The van der Waals surface area contributed by atoms with E-state index in [-0.39, 0.29) is 5.91 Å². The molecule has 1 amide bonds. The summed E-state index contributed by atoms with van der Waals surface area (Å²) in [5.41, 5.74) is 0. The SMILES string of the molecule is CN(CC(=O)N1CCC(=O)CC1)C1CCCCC1. The lowest BCUT2D eigenvalue weighted by atomic mass is 9.94. The van der Waals surface area contributed by atoms with Gasteiger partial charge in [0, 0.05) is 32.0 Å². The van der Waals surface area contributed by atoms with Crippen LogP contribution in [0.4, 0.5) is 0 Å². The molecule has 0 aromatic carbocycles. The van der Waals surface area contributed by atoms with E-state index in [4.69, 9.17) is 0 Å². The zero-order valence-electron chi connectivity index (χ0n) is 11.4. The number of carbonyl (C=O) groups is 2. The number of likely N-dealkylation sites (N-methyl/N-ethyl adjacent to an activating group) is 1. The van der Waals surface area contributed by atoms with Crippen molar-refractivity contribution in [3.8, 4) is 0 Å². The first-order chi connectivity index (χ1) is 8.66. The number of likely N-dealkylation sites (tertiary alicyclic amines) is 1. The summed E-state index contributed by atoms with van der Waals surface area (Å²) in [6.45, 7) is 1.76. The monoisotopic (exact) mass is 252 g/mol. The van der Waals surface area contributed by atoms with Gasteiger partial charge in [0.25, 0.3) is 0 Å². The molecule has 0 unspecified atom stereocenters. The molecule has 1 aliphatic heterocycles. The first kappa shape index (κ1) is 13.5. The molecule has 1 aliphatic carbocycles. The molecular weight excluding hydrogens is 228 g/mol. The molecule has 2 fully saturated rings. The molecule has 0 N–H and O–H groups in total. The molecule has 0 bridgehead atoms. The van der Waals surface area contributed by atoms with Crippen LogP contribution >= 0.6 is 0 Å². The van der Waals surface area contributed by atoms with Crippen LogP contribution < -0.4 is 0 Å². The van der Waals surface area contributed by atoms with Gasteiger partial charge < -0.3 is 4.90 Å². The summed E-state index contributed by atoms with van der Waals surface area (Å²) in [5, 5.41) is 0. The lowest BCUT2D eigenvalue weighted by Gasteiger charge is -2.33. The molecule has 2 rings (SSSR count). The highest BCUT2D eigenvalue weighted by molar-refractivity contribution is 5.84. The predicted molar refractivity (Wildman–Crippen MR) is 70.3 cm³/mol. The average molecular weight is 252 g/mol. The maximum Gasteiger partial charge on any atom is 0.236 e. The number of ketones is 1. The van der Waals surface area contributed by atoms with E-state index >= 15 is 0 Å². The molecule has 1 saturated carbocycles. The van der Waals surface area contributed by atoms with Crippen molar-refractivity contribution < 1.29 is 9.59 Å². The summed E-state index contributed by atoms with van der Waals surface area (Å²) in [7, 11) is 2.06. The van der Waals surface area contributed by atoms with Gasteiger partial charge in [-0.1, -0.05) is 19.3 Å². The second kappa shape index (κ2) is 6.32. The number of amides is 1. The molecule has 4 heteroatoms. The van der Waals surface area contributed by atoms with Gasteiger partial charge in [0.05, 0.1) is 6.54 Å². The summed E-state index contributed by atoms with van der Waals surface area (Å²) >= 11 is 0. The highest BCUT2D eigenvalue weighted by Crippen LogP contribution is 2.21. The number of carbonyl (C=O) groups excluding carboxylic acids is 2. The molecule has 0 atom stereocenters. The maximum atomic E-state index is 12.1. The van der Waals surface area contributed by atoms with Gasteiger partial charge in [-0.2, -0.15) is 0 Å². The molecule has 2 aliphatic rings. The normalized spacial score (nSPS) is 22.6. The zero-order valence-corrected chi connectivity index (χ0v) is 11.4. The van der Waals surface area contributed by atoms with Crippen molar-refractivity contribution in [3.05, 3.63) is 0 Å². The first-order valence-corrected chi connectivity index (χ1v) is 7.16. The van der Waals surface area contributed by atoms with Crippen molar-refractivity contribution in [2.45, 2.75) is 51.0 Å². The summed E-state index contributed by atoms with van der Waals surface area (Å²) < 4.78 is 0. The fraction of sp³-hybridized carbons (Fsp3) is 0.857. The Morgan fingerprint density at radius 3 is 2.44 bits per heavy atom. The van der Waals surface area contributed by atoms with Crippen LogP contribution in [-0.4, -0.2) is 54.2 Å². The van der Waals surface area contributed by atoms with Crippen LogP contribution in [0.3, 0.4) is 0 Å². The number of Topliss-reactive ketones (excluding diaryl/α,β-unsaturated/α-hetero) is 1. The number of rotatable bonds is 3. The standard InChI is InChI=1S/C14H24N2O2/c1-15(12-5-3-2-4-6-12)11-14(18)16-9-7-13(17)8-10-16/h12H,2-11H2,1H3. The third-order valence-corrected chi connectivity index (χ3v) is 4.26. The van der Waals surface area contributed by atoms with Crippen LogP contribution in [-0.2, 0) is 9.59 Å². The van der Waals surface area contributed by atoms with Crippen molar-refractivity contribution in [2.75, 3.05) is 26.7 Å². The minimum Gasteiger partial charge on any atom is -0.341 e. The third-order valence-electron chi connectivity index (χ3n) is 4.26. The minimum absolute atomic E-state index is 0.190. The summed E-state index contributed by atoms with van der Waals surface area (Å²) in [6.07, 6.45) is 7.46. The first-order valence-electron chi connectivity index (χ1n) is 7.16. The number of hydrogen-bond acceptors (Lipinski definition) is 3. The largest absolute Gasteiger partial charge is 0.341 e. The Morgan fingerprint density at radius 1 is 1.22 bits per heavy atom. The number of piperidine rings is 1. The van der Waals surface area contributed by atoms with E-state index in [0.717, 1.165) is 0 Å². The van der Waals surface area contributed by atoms with Gasteiger partial charge in [-0.3, -0.25) is 14.5 Å². The molecule has 0 spiro atoms. The van der Waals surface area contributed by atoms with Crippen molar-refractivity contribution in [1.82, 2.24) is 9.80 Å². The Kier molecular flexibility index (Phi) is 4.75. The lowest BCUT2D eigenvalue weighted by Crippen LogP contribution is -2.46. The fourth-order valence-electron chi connectivity index (χ4n) is 2.97. The van der Waals surface area contributed by atoms with E-state index in [2.05, 4.69) is 11.9 Å². The summed E-state index contributed by atoms with van der Waals surface area (Å²) in [5.74, 6) is 0.482. The van der Waals surface area contributed by atoms with Gasteiger partial charge in [-0.25, -0.2) is 0 Å². The molecule has 1 heterocycles. The van der Waals surface area contributed by atoms with Crippen LogP contribution in [0.15, 0.2) is 0 Å². The lowest BCUT2D eigenvalue weighted by molar-refractivity contribution is -0.135. The zero-order chi connectivity index (χ0) is 13.0. The van der Waals surface area contributed by atoms with Crippen LogP contribution in [0.5, 0.6) is 0 Å². The van der Waals surface area contributed by atoms with E-state index in [1.54, 1.807) is 0 Å². The van der Waals surface area contributed by atoms with Crippen molar-refractivity contribution in [1.29, 1.82) is 0 Å². The Labute approximate surface area is 109 Å². The maximum absolute atomic E-state index is 12.1. The van der Waals surface area contributed by atoms with E-state index in [9.17, 15) is 9.59 Å². The van der Waals surface area contributed by atoms with E-state index in [1.807, 2.05) is 4.90 Å². The van der Waals surface area contributed by atoms with E-state index < -0.39 is 0 Å². The highest BCUT2D eigenvalue weighted by atomic mass is 16.2. The molecule has 0 aromatic heterocycles. The van der Waals surface area contributed by atoms with Crippen molar-refractivity contribution in [3.63, 3.8) is 0 Å². The second-order valence-electron chi connectivity index (χ2n) is 5.63. The van der Waals surface area contributed by atoms with E-state index in [1.165, 1.54) is 32.1 Å². The topological polar surface area (TPSA) is 40.6 Å². The highest BCUT2D eigenvalue weighted by Gasteiger charge is 2.24. The third kappa shape index (κ3) is 3.55. The molecule has 1 saturated heterocycles. The quantitative estimate of drug-likeness (QED) is 0.763. The van der Waals surface area contributed by atoms with Crippen LogP contribution in [0.2, 0.25) is 0 Å². The van der Waals surface area contributed by atoms with Gasteiger partial charge in [-0.15, -0.1) is 0 Å². The van der Waals surface area contributed by atoms with Gasteiger partial charge >= 0.3 is 0 Å². The Morgan fingerprint density at radius 2 is 1.83 bits per heavy atom. The summed E-state index contributed by atoms with van der Waals surface area (Å²) in [6, 6.07) is 0.578. The molecule has 18 heavy (non-hydrogen) atoms. The molecule has 0 aromatic rings. The van der Waals surface area contributed by atoms with Crippen molar-refractivity contribution >= 4 is 11.7 Å². The molecule has 102 valence electrons. The molecule has 4 nitrogen and oxygen atoms in total. The van der Waals surface area contributed by atoms with Gasteiger partial charge in [0.1, 0.15) is 5.78 Å². The molecular formula is C14H24N2O2.